The molecule has 0 amide bonds. The lowest BCUT2D eigenvalue weighted by atomic mass is 10.0. The Balaban J connectivity index is 1.61. The Morgan fingerprint density at radius 1 is 1.10 bits per heavy atom. The van der Waals surface area contributed by atoms with Crippen LogP contribution in [0.3, 0.4) is 0 Å². The SMILES string of the molecule is Cc1ccc(-c2nnc(N[C@@H]3CCCN(C)C3)c3nc(C4CC4)ccc23)c(O)c1. The molecule has 2 fully saturated rings. The van der Waals surface area contributed by atoms with Gasteiger partial charge >= 0.3 is 0 Å². The highest BCUT2D eigenvalue weighted by atomic mass is 16.3. The fourth-order valence-corrected chi connectivity index (χ4v) is 4.27. The monoisotopic (exact) mass is 389 g/mol. The largest absolute Gasteiger partial charge is 0.507 e. The van der Waals surface area contributed by atoms with Crippen molar-refractivity contribution in [3.05, 3.63) is 41.6 Å². The zero-order valence-corrected chi connectivity index (χ0v) is 17.0. The summed E-state index contributed by atoms with van der Waals surface area (Å²) < 4.78 is 0. The van der Waals surface area contributed by atoms with E-state index in [1.165, 1.54) is 19.3 Å². The van der Waals surface area contributed by atoms with E-state index in [-0.39, 0.29) is 5.75 Å². The quantitative estimate of drug-likeness (QED) is 0.700. The number of rotatable bonds is 4. The van der Waals surface area contributed by atoms with Gasteiger partial charge < -0.3 is 15.3 Å². The number of piperidine rings is 1. The summed E-state index contributed by atoms with van der Waals surface area (Å²) in [5.41, 5.74) is 4.37. The van der Waals surface area contributed by atoms with Crippen LogP contribution in [-0.4, -0.2) is 51.4 Å². The smallest absolute Gasteiger partial charge is 0.175 e. The molecule has 1 saturated carbocycles. The van der Waals surface area contributed by atoms with Crippen LogP contribution in [0.25, 0.3) is 22.2 Å². The van der Waals surface area contributed by atoms with Crippen LogP contribution in [-0.2, 0) is 0 Å². The van der Waals surface area contributed by atoms with Crippen LogP contribution >= 0.6 is 0 Å². The van der Waals surface area contributed by atoms with E-state index in [0.29, 0.717) is 23.2 Å². The molecule has 0 spiro atoms. The van der Waals surface area contributed by atoms with Crippen LogP contribution in [0.4, 0.5) is 5.82 Å². The van der Waals surface area contributed by atoms with Crippen LogP contribution in [0.5, 0.6) is 5.75 Å². The maximum absolute atomic E-state index is 10.5. The van der Waals surface area contributed by atoms with Crippen molar-refractivity contribution >= 4 is 16.7 Å². The van der Waals surface area contributed by atoms with Crippen LogP contribution in [0.1, 0.15) is 42.9 Å². The van der Waals surface area contributed by atoms with E-state index in [9.17, 15) is 5.11 Å². The first-order valence-electron chi connectivity index (χ1n) is 10.5. The minimum absolute atomic E-state index is 0.224. The van der Waals surface area contributed by atoms with E-state index in [2.05, 4.69) is 39.6 Å². The first-order valence-corrected chi connectivity index (χ1v) is 10.5. The number of aryl methyl sites for hydroxylation is 1. The number of hydrogen-bond donors (Lipinski definition) is 2. The van der Waals surface area contributed by atoms with Crippen LogP contribution in [0, 0.1) is 6.92 Å². The third-order valence-corrected chi connectivity index (χ3v) is 6.02. The second kappa shape index (κ2) is 7.26. The van der Waals surface area contributed by atoms with Gasteiger partial charge in [0.25, 0.3) is 0 Å². The molecule has 3 aromatic rings. The van der Waals surface area contributed by atoms with E-state index in [0.717, 1.165) is 47.5 Å². The number of phenolic OH excluding ortho intramolecular Hbond substituents is 1. The van der Waals surface area contributed by atoms with Gasteiger partial charge in [-0.1, -0.05) is 6.07 Å². The first-order chi connectivity index (χ1) is 14.1. The molecule has 150 valence electrons. The topological polar surface area (TPSA) is 74.2 Å². The molecule has 2 aliphatic rings. The van der Waals surface area contributed by atoms with E-state index in [4.69, 9.17) is 4.98 Å². The Hall–Kier alpha value is -2.73. The molecule has 1 aliphatic heterocycles. The number of nitrogens with one attached hydrogen (secondary N) is 1. The number of pyridine rings is 1. The summed E-state index contributed by atoms with van der Waals surface area (Å²) in [6.07, 6.45) is 4.71. The lowest BCUT2D eigenvalue weighted by Crippen LogP contribution is -2.40. The molecule has 1 aromatic carbocycles. The van der Waals surface area contributed by atoms with Crippen molar-refractivity contribution in [2.75, 3.05) is 25.5 Å². The molecule has 6 heteroatoms. The van der Waals surface area contributed by atoms with Crippen molar-refractivity contribution in [2.24, 2.45) is 0 Å². The Bertz CT molecular complexity index is 1060. The van der Waals surface area contributed by atoms with Gasteiger partial charge in [0.05, 0.1) is 0 Å². The highest BCUT2D eigenvalue weighted by molar-refractivity contribution is 5.98. The molecule has 2 N–H and O–H groups in total. The minimum atomic E-state index is 0.224. The number of nitrogens with zero attached hydrogens (tertiary/aromatic N) is 4. The fraction of sp³-hybridized carbons (Fsp3) is 0.435. The van der Waals surface area contributed by atoms with E-state index in [1.54, 1.807) is 6.07 Å². The number of benzene rings is 1. The maximum Gasteiger partial charge on any atom is 0.175 e. The summed E-state index contributed by atoms with van der Waals surface area (Å²) in [4.78, 5) is 7.34. The molecular weight excluding hydrogens is 362 g/mol. The number of aromatic nitrogens is 3. The van der Waals surface area contributed by atoms with Gasteiger partial charge in [-0.3, -0.25) is 0 Å². The van der Waals surface area contributed by atoms with Gasteiger partial charge in [-0.05, 0) is 76.0 Å². The molecular formula is C23H27N5O. The molecule has 0 radical (unpaired) electrons. The number of fused-ring (bicyclic) bond motifs is 1. The summed E-state index contributed by atoms with van der Waals surface area (Å²) in [7, 11) is 2.16. The fourth-order valence-electron chi connectivity index (χ4n) is 4.27. The molecule has 3 heterocycles. The Labute approximate surface area is 171 Å². The van der Waals surface area contributed by atoms with Gasteiger partial charge in [-0.25, -0.2) is 4.98 Å². The van der Waals surface area contributed by atoms with Gasteiger partial charge in [0.15, 0.2) is 5.82 Å². The van der Waals surface area contributed by atoms with E-state index >= 15 is 0 Å². The highest BCUT2D eigenvalue weighted by Crippen LogP contribution is 2.41. The maximum atomic E-state index is 10.5. The van der Waals surface area contributed by atoms with Gasteiger partial charge in [0.2, 0.25) is 0 Å². The second-order valence-electron chi connectivity index (χ2n) is 8.57. The third kappa shape index (κ3) is 3.65. The van der Waals surface area contributed by atoms with Crippen molar-refractivity contribution in [3.8, 4) is 17.0 Å². The van der Waals surface area contributed by atoms with Crippen LogP contribution in [0.15, 0.2) is 30.3 Å². The van der Waals surface area contributed by atoms with Gasteiger partial charge in [-0.2, -0.15) is 0 Å². The van der Waals surface area contributed by atoms with Crippen molar-refractivity contribution in [3.63, 3.8) is 0 Å². The molecule has 1 aliphatic carbocycles. The number of likely N-dealkylation sites (N-methyl/N-ethyl adjacent to an activating group) is 1. The average molecular weight is 390 g/mol. The lowest BCUT2D eigenvalue weighted by Gasteiger charge is -2.30. The van der Waals surface area contributed by atoms with E-state index < -0.39 is 0 Å². The average Bonchev–Trinajstić information content (AvgIpc) is 3.54. The summed E-state index contributed by atoms with van der Waals surface area (Å²) in [6.45, 7) is 4.09. The normalized spacial score (nSPS) is 20.1. The molecule has 2 aromatic heterocycles. The second-order valence-corrected chi connectivity index (χ2v) is 8.57. The van der Waals surface area contributed by atoms with Crippen molar-refractivity contribution in [1.82, 2.24) is 20.1 Å². The van der Waals surface area contributed by atoms with Gasteiger partial charge in [-0.15, -0.1) is 10.2 Å². The lowest BCUT2D eigenvalue weighted by molar-refractivity contribution is 0.261. The number of likely N-dealkylation sites (tertiary alicyclic amines) is 1. The molecule has 0 unspecified atom stereocenters. The summed E-state index contributed by atoms with van der Waals surface area (Å²) in [5.74, 6) is 1.54. The van der Waals surface area contributed by atoms with E-state index in [1.807, 2.05) is 19.1 Å². The number of anilines is 1. The Morgan fingerprint density at radius 3 is 2.72 bits per heavy atom. The zero-order valence-electron chi connectivity index (χ0n) is 17.0. The standard InChI is InChI=1S/C23H27N5O/c1-14-5-8-17(20(29)12-14)21-18-9-10-19(15-6-7-15)25-22(18)23(27-26-21)24-16-4-3-11-28(2)13-16/h5,8-10,12,15-16,29H,3-4,6-7,11,13H2,1-2H3,(H,24,27)/t16-/m1/s1. The van der Waals surface area contributed by atoms with Gasteiger partial charge in [0.1, 0.15) is 17.0 Å². The number of aromatic hydroxyl groups is 1. The summed E-state index contributed by atoms with van der Waals surface area (Å²) in [6, 6.07) is 10.2. The van der Waals surface area contributed by atoms with Gasteiger partial charge in [0, 0.05) is 35.1 Å². The molecule has 6 nitrogen and oxygen atoms in total. The van der Waals surface area contributed by atoms with Crippen molar-refractivity contribution in [1.29, 1.82) is 0 Å². The Kier molecular flexibility index (Phi) is 4.59. The molecule has 29 heavy (non-hydrogen) atoms. The van der Waals surface area contributed by atoms with Crippen LogP contribution < -0.4 is 5.32 Å². The van der Waals surface area contributed by atoms with Crippen LogP contribution in [0.2, 0.25) is 0 Å². The van der Waals surface area contributed by atoms with Crippen molar-refractivity contribution < 1.29 is 5.11 Å². The summed E-state index contributed by atoms with van der Waals surface area (Å²) >= 11 is 0. The highest BCUT2D eigenvalue weighted by Gasteiger charge is 2.27. The third-order valence-electron chi connectivity index (χ3n) is 6.02. The number of hydrogen-bond acceptors (Lipinski definition) is 6. The predicted molar refractivity (Wildman–Crippen MR) is 115 cm³/mol. The summed E-state index contributed by atoms with van der Waals surface area (Å²) in [5, 5.41) is 24.1. The Morgan fingerprint density at radius 2 is 1.97 bits per heavy atom. The minimum Gasteiger partial charge on any atom is -0.507 e. The molecule has 1 atom stereocenters. The predicted octanol–water partition coefficient (Wildman–Crippen LogP) is 4.09. The molecule has 1 saturated heterocycles. The molecule has 0 bridgehead atoms. The molecule has 5 rings (SSSR count). The first kappa shape index (κ1) is 18.3. The zero-order chi connectivity index (χ0) is 20.0. The van der Waals surface area contributed by atoms with Crippen molar-refractivity contribution in [2.45, 2.75) is 44.6 Å². The number of phenols is 1.